The summed E-state index contributed by atoms with van der Waals surface area (Å²) in [5, 5.41) is 9.40. The fourth-order valence-corrected chi connectivity index (χ4v) is 3.49. The van der Waals surface area contributed by atoms with Gasteiger partial charge < -0.3 is 20.7 Å². The predicted octanol–water partition coefficient (Wildman–Crippen LogP) is 2.38. The van der Waals surface area contributed by atoms with Crippen LogP contribution in [-0.2, 0) is 16.1 Å². The first kappa shape index (κ1) is 25.1. The van der Waals surface area contributed by atoms with Gasteiger partial charge in [0.2, 0.25) is 5.91 Å². The second kappa shape index (κ2) is 14.8. The maximum absolute atomic E-state index is 11.6. The van der Waals surface area contributed by atoms with Gasteiger partial charge in [0.1, 0.15) is 0 Å². The number of likely N-dealkylation sites (tertiary alicyclic amines) is 1. The number of carbonyl (C=O) groups excluding carboxylic acids is 1. The molecule has 1 saturated heterocycles. The number of nitrogens with one attached hydrogen (secondary N) is 3. The Labute approximate surface area is 188 Å². The number of benzene rings is 1. The van der Waals surface area contributed by atoms with Gasteiger partial charge in [-0.25, -0.2) is 0 Å². The van der Waals surface area contributed by atoms with E-state index in [1.165, 1.54) is 5.56 Å². The standard InChI is InChI=1S/C24H41N5O2/c1-4-25-24(28-15-14-26-23(30)20(2)3)27-13-8-18-31-22-11-16-29(17-12-22)19-21-9-6-5-7-10-21/h5-7,9-10,20,22H,4,8,11-19H2,1-3H3,(H,26,30)(H2,25,27,28). The summed E-state index contributed by atoms with van der Waals surface area (Å²) >= 11 is 0. The highest BCUT2D eigenvalue weighted by molar-refractivity contribution is 5.80. The van der Waals surface area contributed by atoms with Gasteiger partial charge in [0.25, 0.3) is 0 Å². The molecule has 31 heavy (non-hydrogen) atoms. The SMILES string of the molecule is CCNC(=NCCCOC1CCN(Cc2ccccc2)CC1)NCCNC(=O)C(C)C. The molecule has 0 spiro atoms. The van der Waals surface area contributed by atoms with Gasteiger partial charge in [0, 0.05) is 58.3 Å². The molecule has 0 unspecified atom stereocenters. The van der Waals surface area contributed by atoms with E-state index in [9.17, 15) is 4.79 Å². The molecule has 1 amide bonds. The number of rotatable bonds is 12. The van der Waals surface area contributed by atoms with Crippen molar-refractivity contribution in [3.05, 3.63) is 35.9 Å². The van der Waals surface area contributed by atoms with Crippen molar-refractivity contribution in [3.8, 4) is 0 Å². The molecule has 1 aliphatic heterocycles. The summed E-state index contributed by atoms with van der Waals surface area (Å²) in [5.74, 6) is 0.875. The Morgan fingerprint density at radius 1 is 1.13 bits per heavy atom. The van der Waals surface area contributed by atoms with Crippen molar-refractivity contribution in [2.45, 2.75) is 52.7 Å². The average molecular weight is 432 g/mol. The highest BCUT2D eigenvalue weighted by Gasteiger charge is 2.19. The quantitative estimate of drug-likeness (QED) is 0.269. The molecule has 1 aromatic rings. The fourth-order valence-electron chi connectivity index (χ4n) is 3.49. The van der Waals surface area contributed by atoms with E-state index in [0.29, 0.717) is 19.2 Å². The van der Waals surface area contributed by atoms with E-state index in [0.717, 1.165) is 64.6 Å². The fraction of sp³-hybridized carbons (Fsp3) is 0.667. The number of guanidine groups is 1. The van der Waals surface area contributed by atoms with Gasteiger partial charge in [0.05, 0.1) is 6.10 Å². The van der Waals surface area contributed by atoms with Crippen LogP contribution < -0.4 is 16.0 Å². The van der Waals surface area contributed by atoms with Crippen LogP contribution in [0.2, 0.25) is 0 Å². The third-order valence-corrected chi connectivity index (χ3v) is 5.29. The molecule has 0 atom stereocenters. The number of piperidine rings is 1. The first-order chi connectivity index (χ1) is 15.1. The zero-order chi connectivity index (χ0) is 22.3. The third-order valence-electron chi connectivity index (χ3n) is 5.29. The molecule has 0 aliphatic carbocycles. The smallest absolute Gasteiger partial charge is 0.222 e. The third kappa shape index (κ3) is 10.6. The van der Waals surface area contributed by atoms with Crippen LogP contribution in [0.25, 0.3) is 0 Å². The van der Waals surface area contributed by atoms with E-state index >= 15 is 0 Å². The number of ether oxygens (including phenoxy) is 1. The lowest BCUT2D eigenvalue weighted by atomic mass is 10.1. The second-order valence-electron chi connectivity index (χ2n) is 8.32. The lowest BCUT2D eigenvalue weighted by Gasteiger charge is -2.31. The molecule has 7 heteroatoms. The Bertz CT molecular complexity index is 643. The lowest BCUT2D eigenvalue weighted by Crippen LogP contribution is -2.42. The van der Waals surface area contributed by atoms with E-state index in [4.69, 9.17) is 4.74 Å². The van der Waals surface area contributed by atoms with Gasteiger partial charge in [-0.2, -0.15) is 0 Å². The van der Waals surface area contributed by atoms with Crippen LogP contribution in [0, 0.1) is 5.92 Å². The molecule has 174 valence electrons. The Kier molecular flexibility index (Phi) is 12.0. The van der Waals surface area contributed by atoms with Gasteiger partial charge in [-0.3, -0.25) is 14.7 Å². The largest absolute Gasteiger partial charge is 0.378 e. The van der Waals surface area contributed by atoms with Crippen molar-refractivity contribution >= 4 is 11.9 Å². The van der Waals surface area contributed by atoms with Crippen molar-refractivity contribution in [2.24, 2.45) is 10.9 Å². The molecule has 0 bridgehead atoms. The van der Waals surface area contributed by atoms with Gasteiger partial charge >= 0.3 is 0 Å². The van der Waals surface area contributed by atoms with Gasteiger partial charge in [-0.05, 0) is 31.7 Å². The minimum Gasteiger partial charge on any atom is -0.378 e. The normalized spacial score (nSPS) is 15.8. The zero-order valence-corrected chi connectivity index (χ0v) is 19.5. The Balaban J connectivity index is 1.56. The van der Waals surface area contributed by atoms with Crippen molar-refractivity contribution < 1.29 is 9.53 Å². The van der Waals surface area contributed by atoms with Crippen molar-refractivity contribution in [2.75, 3.05) is 45.9 Å². The van der Waals surface area contributed by atoms with Crippen molar-refractivity contribution in [1.82, 2.24) is 20.9 Å². The maximum Gasteiger partial charge on any atom is 0.222 e. The highest BCUT2D eigenvalue weighted by Crippen LogP contribution is 2.16. The number of hydrogen-bond donors (Lipinski definition) is 3. The van der Waals surface area contributed by atoms with E-state index in [-0.39, 0.29) is 11.8 Å². The summed E-state index contributed by atoms with van der Waals surface area (Å²) in [6.07, 6.45) is 3.47. The monoisotopic (exact) mass is 431 g/mol. The molecular formula is C24H41N5O2. The molecule has 0 radical (unpaired) electrons. The topological polar surface area (TPSA) is 78.0 Å². The molecule has 1 fully saturated rings. The first-order valence-corrected chi connectivity index (χ1v) is 11.8. The van der Waals surface area contributed by atoms with Crippen molar-refractivity contribution in [1.29, 1.82) is 0 Å². The molecule has 1 aliphatic rings. The molecule has 1 heterocycles. The van der Waals surface area contributed by atoms with Crippen LogP contribution in [0.1, 0.15) is 45.6 Å². The molecular weight excluding hydrogens is 390 g/mol. The average Bonchev–Trinajstić information content (AvgIpc) is 2.78. The van der Waals surface area contributed by atoms with Crippen LogP contribution in [0.3, 0.4) is 0 Å². The number of carbonyl (C=O) groups is 1. The second-order valence-corrected chi connectivity index (χ2v) is 8.32. The highest BCUT2D eigenvalue weighted by atomic mass is 16.5. The zero-order valence-electron chi connectivity index (χ0n) is 19.5. The molecule has 1 aromatic carbocycles. The molecule has 0 aromatic heterocycles. The van der Waals surface area contributed by atoms with Crippen LogP contribution in [0.15, 0.2) is 35.3 Å². The molecule has 0 saturated carbocycles. The summed E-state index contributed by atoms with van der Waals surface area (Å²) < 4.78 is 6.09. The summed E-state index contributed by atoms with van der Waals surface area (Å²) in [7, 11) is 0. The van der Waals surface area contributed by atoms with E-state index in [1.54, 1.807) is 0 Å². The van der Waals surface area contributed by atoms with Gasteiger partial charge in [0.15, 0.2) is 5.96 Å². The number of amides is 1. The number of nitrogens with zero attached hydrogens (tertiary/aromatic N) is 2. The van der Waals surface area contributed by atoms with Gasteiger partial charge in [-0.15, -0.1) is 0 Å². The van der Waals surface area contributed by atoms with Crippen LogP contribution in [0.5, 0.6) is 0 Å². The van der Waals surface area contributed by atoms with Gasteiger partial charge in [-0.1, -0.05) is 44.2 Å². The Morgan fingerprint density at radius 3 is 2.52 bits per heavy atom. The lowest BCUT2D eigenvalue weighted by molar-refractivity contribution is -0.123. The Hall–Kier alpha value is -2.12. The van der Waals surface area contributed by atoms with E-state index < -0.39 is 0 Å². The summed E-state index contributed by atoms with van der Waals surface area (Å²) in [5.41, 5.74) is 1.38. The van der Waals surface area contributed by atoms with Crippen molar-refractivity contribution in [3.63, 3.8) is 0 Å². The minimum absolute atomic E-state index is 0.0120. The molecule has 7 nitrogen and oxygen atoms in total. The first-order valence-electron chi connectivity index (χ1n) is 11.8. The van der Waals surface area contributed by atoms with E-state index in [1.807, 2.05) is 20.8 Å². The van der Waals surface area contributed by atoms with Crippen LogP contribution >= 0.6 is 0 Å². The maximum atomic E-state index is 11.6. The number of hydrogen-bond acceptors (Lipinski definition) is 4. The molecule has 2 rings (SSSR count). The summed E-state index contributed by atoms with van der Waals surface area (Å²) in [6.45, 7) is 12.6. The van der Waals surface area contributed by atoms with E-state index in [2.05, 4.69) is 56.2 Å². The van der Waals surface area contributed by atoms with Crippen LogP contribution in [-0.4, -0.2) is 68.7 Å². The number of aliphatic imine (C=N–C) groups is 1. The summed E-state index contributed by atoms with van der Waals surface area (Å²) in [4.78, 5) is 18.7. The minimum atomic E-state index is 0.0120. The Morgan fingerprint density at radius 2 is 1.84 bits per heavy atom. The predicted molar refractivity (Wildman–Crippen MR) is 127 cm³/mol. The van der Waals surface area contributed by atoms with Crippen LogP contribution in [0.4, 0.5) is 0 Å². The molecule has 3 N–H and O–H groups in total. The summed E-state index contributed by atoms with van der Waals surface area (Å²) in [6, 6.07) is 10.7.